The summed E-state index contributed by atoms with van der Waals surface area (Å²) in [4.78, 5) is 13.8. The van der Waals surface area contributed by atoms with Gasteiger partial charge in [0.05, 0.1) is 16.6 Å². The molecule has 0 unspecified atom stereocenters. The van der Waals surface area contributed by atoms with Gasteiger partial charge in [-0.05, 0) is 63.9 Å². The smallest absolute Gasteiger partial charge is 0.243 e. The van der Waals surface area contributed by atoms with Gasteiger partial charge in [0.2, 0.25) is 16.0 Å². The van der Waals surface area contributed by atoms with E-state index in [9.17, 15) is 8.42 Å². The van der Waals surface area contributed by atoms with Gasteiger partial charge in [0.25, 0.3) is 0 Å². The molecule has 0 radical (unpaired) electrons. The van der Waals surface area contributed by atoms with Crippen LogP contribution in [0.25, 0.3) is 0 Å². The lowest BCUT2D eigenvalue weighted by atomic mass is 10.1. The summed E-state index contributed by atoms with van der Waals surface area (Å²) in [5.74, 6) is 0.518. The number of rotatable bonds is 5. The minimum Gasteiger partial charge on any atom is -0.324 e. The number of benzene rings is 1. The van der Waals surface area contributed by atoms with E-state index in [1.165, 1.54) is 0 Å². The molecule has 0 spiro atoms. The van der Waals surface area contributed by atoms with Crippen molar-refractivity contribution in [3.05, 3.63) is 71.3 Å². The normalized spacial score (nSPS) is 17.2. The number of hydrogen-bond acceptors (Lipinski definition) is 6. The Balaban J connectivity index is 1.66. The zero-order valence-electron chi connectivity index (χ0n) is 17.3. The minimum absolute atomic E-state index is 0.296. The van der Waals surface area contributed by atoms with Crippen LogP contribution in [0.2, 0.25) is 0 Å². The molecule has 4 rings (SSSR count). The third-order valence-corrected chi connectivity index (χ3v) is 7.03. The van der Waals surface area contributed by atoms with E-state index in [2.05, 4.69) is 20.3 Å². The molecule has 1 aromatic carbocycles. The van der Waals surface area contributed by atoms with Crippen molar-refractivity contribution in [2.75, 3.05) is 11.9 Å². The monoisotopic (exact) mass is 423 g/mol. The van der Waals surface area contributed by atoms with Gasteiger partial charge in [-0.2, -0.15) is 4.31 Å². The van der Waals surface area contributed by atoms with E-state index in [1.54, 1.807) is 28.6 Å². The number of pyridine rings is 1. The van der Waals surface area contributed by atoms with Crippen molar-refractivity contribution in [2.45, 2.75) is 44.6 Å². The molecule has 0 saturated carbocycles. The van der Waals surface area contributed by atoms with Crippen molar-refractivity contribution >= 4 is 21.7 Å². The Bertz CT molecular complexity index is 1150. The molecule has 156 valence electrons. The van der Waals surface area contributed by atoms with E-state index in [-0.39, 0.29) is 6.04 Å². The number of hydrogen-bond donors (Lipinski definition) is 1. The molecular weight excluding hydrogens is 398 g/mol. The summed E-state index contributed by atoms with van der Waals surface area (Å²) in [6, 6.07) is 14.0. The summed E-state index contributed by atoms with van der Waals surface area (Å²) in [6.45, 7) is 6.24. The first-order valence-corrected chi connectivity index (χ1v) is 11.4. The third-order valence-electron chi connectivity index (χ3n) is 5.11. The largest absolute Gasteiger partial charge is 0.324 e. The van der Waals surface area contributed by atoms with Gasteiger partial charge >= 0.3 is 0 Å². The molecule has 0 amide bonds. The molecule has 3 heterocycles. The van der Waals surface area contributed by atoms with Gasteiger partial charge in [-0.25, -0.2) is 18.4 Å². The molecule has 1 fully saturated rings. The van der Waals surface area contributed by atoms with Crippen LogP contribution in [0.4, 0.5) is 11.6 Å². The third kappa shape index (κ3) is 4.20. The Morgan fingerprint density at radius 3 is 2.30 bits per heavy atom. The lowest BCUT2D eigenvalue weighted by molar-refractivity contribution is 0.390. The Hall–Kier alpha value is -2.84. The maximum absolute atomic E-state index is 13.2. The lowest BCUT2D eigenvalue weighted by Gasteiger charge is -2.24. The van der Waals surface area contributed by atoms with Crippen LogP contribution in [0.15, 0.2) is 53.4 Å². The van der Waals surface area contributed by atoms with Gasteiger partial charge in [-0.1, -0.05) is 18.2 Å². The predicted octanol–water partition coefficient (Wildman–Crippen LogP) is 4.07. The fraction of sp³-hybridized carbons (Fsp3) is 0.318. The highest BCUT2D eigenvalue weighted by molar-refractivity contribution is 7.89. The second kappa shape index (κ2) is 8.12. The topological polar surface area (TPSA) is 88.1 Å². The first-order valence-electron chi connectivity index (χ1n) is 9.98. The van der Waals surface area contributed by atoms with Crippen molar-refractivity contribution in [3.63, 3.8) is 0 Å². The van der Waals surface area contributed by atoms with E-state index in [0.29, 0.717) is 17.4 Å². The van der Waals surface area contributed by atoms with Crippen LogP contribution >= 0.6 is 0 Å². The molecule has 1 saturated heterocycles. The number of nitrogens with one attached hydrogen (secondary N) is 1. The molecule has 1 aliphatic rings. The van der Waals surface area contributed by atoms with Gasteiger partial charge in [0, 0.05) is 29.3 Å². The number of nitrogens with zero attached hydrogens (tertiary/aromatic N) is 4. The fourth-order valence-corrected chi connectivity index (χ4v) is 5.59. The minimum atomic E-state index is -3.58. The van der Waals surface area contributed by atoms with Crippen LogP contribution in [0, 0.1) is 20.8 Å². The van der Waals surface area contributed by atoms with E-state index < -0.39 is 10.0 Å². The number of sulfonamides is 1. The first kappa shape index (κ1) is 20.4. The Morgan fingerprint density at radius 2 is 1.60 bits per heavy atom. The number of aryl methyl sites for hydroxylation is 3. The highest BCUT2D eigenvalue weighted by Gasteiger charge is 2.37. The lowest BCUT2D eigenvalue weighted by Crippen LogP contribution is -2.31. The quantitative estimate of drug-likeness (QED) is 0.666. The predicted molar refractivity (Wildman–Crippen MR) is 116 cm³/mol. The van der Waals surface area contributed by atoms with E-state index >= 15 is 0 Å². The van der Waals surface area contributed by atoms with Gasteiger partial charge < -0.3 is 5.32 Å². The molecule has 0 aliphatic carbocycles. The summed E-state index contributed by atoms with van der Waals surface area (Å²) in [7, 11) is -3.58. The van der Waals surface area contributed by atoms with E-state index in [4.69, 9.17) is 0 Å². The van der Waals surface area contributed by atoms with Crippen LogP contribution in [0.1, 0.15) is 41.7 Å². The standard InChI is InChI=1S/C22H25N5O2S/c1-15-12-16(2)25-22(24-15)26-18-13-17(3)23-20(14-18)21-10-7-11-27(21)30(28,29)19-8-5-4-6-9-19/h4-6,8-9,12-14,21H,7,10-11H2,1-3H3,(H,23,24,25,26)/t21-/m0/s1. The van der Waals surface area contributed by atoms with Crippen molar-refractivity contribution in [2.24, 2.45) is 0 Å². The van der Waals surface area contributed by atoms with Crippen molar-refractivity contribution in [3.8, 4) is 0 Å². The molecule has 0 bridgehead atoms. The van der Waals surface area contributed by atoms with Gasteiger partial charge in [-0.15, -0.1) is 0 Å². The maximum Gasteiger partial charge on any atom is 0.243 e. The van der Waals surface area contributed by atoms with Gasteiger partial charge in [0.15, 0.2) is 0 Å². The molecule has 8 heteroatoms. The van der Waals surface area contributed by atoms with Gasteiger partial charge in [0.1, 0.15) is 0 Å². The first-order chi connectivity index (χ1) is 14.3. The number of aromatic nitrogens is 3. The Kier molecular flexibility index (Phi) is 5.53. The zero-order valence-corrected chi connectivity index (χ0v) is 18.1. The highest BCUT2D eigenvalue weighted by atomic mass is 32.2. The van der Waals surface area contributed by atoms with Crippen molar-refractivity contribution < 1.29 is 8.42 Å². The second-order valence-electron chi connectivity index (χ2n) is 7.61. The summed E-state index contributed by atoms with van der Waals surface area (Å²) >= 11 is 0. The van der Waals surface area contributed by atoms with Crippen LogP contribution in [-0.2, 0) is 10.0 Å². The number of anilines is 2. The SMILES string of the molecule is Cc1cc(Nc2nc(C)cc(C)n2)cc([C@@H]2CCCN2S(=O)(=O)c2ccccc2)n1. The molecular formula is C22H25N5O2S. The molecule has 2 aromatic heterocycles. The van der Waals surface area contributed by atoms with Crippen LogP contribution in [-0.4, -0.2) is 34.2 Å². The molecule has 1 atom stereocenters. The van der Waals surface area contributed by atoms with Crippen LogP contribution in [0.5, 0.6) is 0 Å². The Labute approximate surface area is 177 Å². The van der Waals surface area contributed by atoms with E-state index in [0.717, 1.165) is 41.3 Å². The van der Waals surface area contributed by atoms with E-state index in [1.807, 2.05) is 45.0 Å². The maximum atomic E-state index is 13.2. The zero-order chi connectivity index (χ0) is 21.3. The highest BCUT2D eigenvalue weighted by Crippen LogP contribution is 2.36. The molecule has 7 nitrogen and oxygen atoms in total. The molecule has 1 aliphatic heterocycles. The van der Waals surface area contributed by atoms with Crippen molar-refractivity contribution in [1.29, 1.82) is 0 Å². The fourth-order valence-electron chi connectivity index (χ4n) is 3.90. The summed E-state index contributed by atoms with van der Waals surface area (Å²) in [6.07, 6.45) is 1.54. The molecule has 1 N–H and O–H groups in total. The molecule has 30 heavy (non-hydrogen) atoms. The average Bonchev–Trinajstić information content (AvgIpc) is 3.18. The van der Waals surface area contributed by atoms with Gasteiger partial charge in [-0.3, -0.25) is 4.98 Å². The second-order valence-corrected chi connectivity index (χ2v) is 9.50. The Morgan fingerprint density at radius 1 is 0.933 bits per heavy atom. The van der Waals surface area contributed by atoms with Crippen molar-refractivity contribution in [1.82, 2.24) is 19.3 Å². The van der Waals surface area contributed by atoms with Crippen LogP contribution in [0.3, 0.4) is 0 Å². The summed E-state index contributed by atoms with van der Waals surface area (Å²) in [5.41, 5.74) is 4.10. The van der Waals surface area contributed by atoms with Crippen LogP contribution < -0.4 is 5.32 Å². The molecule has 3 aromatic rings. The summed E-state index contributed by atoms with van der Waals surface area (Å²) in [5, 5.41) is 3.25. The summed E-state index contributed by atoms with van der Waals surface area (Å²) < 4.78 is 28.0. The average molecular weight is 424 g/mol.